The first kappa shape index (κ1) is 30.3. The minimum absolute atomic E-state index is 0.598. The maximum Gasteiger partial charge on any atom is 0.0715 e. The van der Waals surface area contributed by atoms with Crippen LogP contribution in [0.25, 0.3) is 76.9 Å². The minimum atomic E-state index is -0.598. The molecule has 256 valence electrons. The molecule has 0 amide bonds. The van der Waals surface area contributed by atoms with E-state index in [2.05, 4.69) is 215 Å². The molecule has 2 nitrogen and oxygen atoms in total. The molecule has 0 spiro atoms. The standard InChI is InChI=1S/C53H34N2/c1-2-20-40-35(15-1)31-32-47-52(40)45-25-3-8-26-46(45)53(47,36-16-13-18-38(33-36)54-48-27-9-4-21-41(48)42-22-5-10-28-49(42)54)37-17-14-19-39(34-37)55-50-29-11-6-23-43(50)44-24-7-12-30-51(44)55/h1-34H. The Morgan fingerprint density at radius 2 is 0.745 bits per heavy atom. The third-order valence-corrected chi connectivity index (χ3v) is 12.2. The molecule has 0 saturated carbocycles. The van der Waals surface area contributed by atoms with Crippen LogP contribution in [0.3, 0.4) is 0 Å². The van der Waals surface area contributed by atoms with Crippen LogP contribution in [0.15, 0.2) is 206 Å². The maximum absolute atomic E-state index is 2.45. The topological polar surface area (TPSA) is 9.86 Å². The number of fused-ring (bicyclic) bond motifs is 11. The highest BCUT2D eigenvalue weighted by molar-refractivity contribution is 6.10. The van der Waals surface area contributed by atoms with Crippen LogP contribution in [0.4, 0.5) is 0 Å². The van der Waals surface area contributed by atoms with Gasteiger partial charge in [0.1, 0.15) is 0 Å². The van der Waals surface area contributed by atoms with Gasteiger partial charge in [-0.3, -0.25) is 0 Å². The van der Waals surface area contributed by atoms with E-state index in [1.165, 1.54) is 87.8 Å². The normalized spacial score (nSPS) is 13.2. The van der Waals surface area contributed by atoms with E-state index in [0.29, 0.717) is 0 Å². The molecule has 12 rings (SSSR count). The summed E-state index contributed by atoms with van der Waals surface area (Å²) < 4.78 is 4.89. The number of nitrogens with zero attached hydrogens (tertiary/aromatic N) is 2. The SMILES string of the molecule is c1cc(-n2c3ccccc3c3ccccc32)cc(C2(c3cccc(-n4c5ccccc5c5ccccc54)c3)c3ccccc3-c3c2ccc2ccccc32)c1. The summed E-state index contributed by atoms with van der Waals surface area (Å²) in [6.07, 6.45) is 0. The van der Waals surface area contributed by atoms with Crippen molar-refractivity contribution in [3.63, 3.8) is 0 Å². The molecule has 2 heteroatoms. The van der Waals surface area contributed by atoms with E-state index in [0.717, 1.165) is 11.4 Å². The van der Waals surface area contributed by atoms with Crippen LogP contribution in [0, 0.1) is 0 Å². The second-order valence-electron chi connectivity index (χ2n) is 14.8. The Balaban J connectivity index is 1.20. The van der Waals surface area contributed by atoms with Gasteiger partial charge in [0.15, 0.2) is 0 Å². The fraction of sp³-hybridized carbons (Fsp3) is 0.0189. The van der Waals surface area contributed by atoms with Crippen molar-refractivity contribution in [1.82, 2.24) is 9.13 Å². The number of para-hydroxylation sites is 4. The lowest BCUT2D eigenvalue weighted by Crippen LogP contribution is -2.29. The Kier molecular flexibility index (Phi) is 6.29. The summed E-state index contributed by atoms with van der Waals surface area (Å²) in [6.45, 7) is 0. The van der Waals surface area contributed by atoms with Gasteiger partial charge in [0.25, 0.3) is 0 Å². The fourth-order valence-corrected chi connectivity index (χ4v) is 9.99. The number of hydrogen-bond donors (Lipinski definition) is 0. The van der Waals surface area contributed by atoms with Gasteiger partial charge in [-0.15, -0.1) is 0 Å². The predicted molar refractivity (Wildman–Crippen MR) is 230 cm³/mol. The van der Waals surface area contributed by atoms with Crippen molar-refractivity contribution in [1.29, 1.82) is 0 Å². The molecule has 2 aromatic heterocycles. The molecule has 55 heavy (non-hydrogen) atoms. The van der Waals surface area contributed by atoms with E-state index in [9.17, 15) is 0 Å². The molecule has 0 N–H and O–H groups in total. The summed E-state index contributed by atoms with van der Waals surface area (Å²) in [6, 6.07) is 76.5. The smallest absolute Gasteiger partial charge is 0.0715 e. The molecular formula is C53H34N2. The summed E-state index contributed by atoms with van der Waals surface area (Å²) in [4.78, 5) is 0. The van der Waals surface area contributed by atoms with Crippen LogP contribution in [-0.2, 0) is 5.41 Å². The molecule has 0 atom stereocenters. The first-order valence-electron chi connectivity index (χ1n) is 19.1. The van der Waals surface area contributed by atoms with Crippen molar-refractivity contribution in [2.75, 3.05) is 0 Å². The quantitative estimate of drug-likeness (QED) is 0.173. The monoisotopic (exact) mass is 698 g/mol. The van der Waals surface area contributed by atoms with E-state index in [4.69, 9.17) is 0 Å². The van der Waals surface area contributed by atoms with Crippen molar-refractivity contribution in [2.45, 2.75) is 5.41 Å². The highest BCUT2D eigenvalue weighted by Crippen LogP contribution is 2.58. The van der Waals surface area contributed by atoms with E-state index in [1.807, 2.05) is 0 Å². The van der Waals surface area contributed by atoms with E-state index < -0.39 is 5.41 Å². The largest absolute Gasteiger partial charge is 0.309 e. The zero-order valence-corrected chi connectivity index (χ0v) is 30.0. The molecule has 2 heterocycles. The average Bonchev–Trinajstić information content (AvgIpc) is 3.88. The summed E-state index contributed by atoms with van der Waals surface area (Å²) in [5.74, 6) is 0. The summed E-state index contributed by atoms with van der Waals surface area (Å²) in [7, 11) is 0. The minimum Gasteiger partial charge on any atom is -0.309 e. The lowest BCUT2D eigenvalue weighted by Gasteiger charge is -2.34. The molecule has 0 unspecified atom stereocenters. The van der Waals surface area contributed by atoms with E-state index in [1.54, 1.807) is 0 Å². The lowest BCUT2D eigenvalue weighted by atomic mass is 9.67. The molecule has 1 aliphatic rings. The van der Waals surface area contributed by atoms with Crippen LogP contribution < -0.4 is 0 Å². The molecule has 0 radical (unpaired) electrons. The Bertz CT molecular complexity index is 3070. The van der Waals surface area contributed by atoms with Gasteiger partial charge in [0.2, 0.25) is 0 Å². The Morgan fingerprint density at radius 1 is 0.309 bits per heavy atom. The van der Waals surface area contributed by atoms with Gasteiger partial charge >= 0.3 is 0 Å². The third kappa shape index (κ3) is 4.08. The Labute approximate surface area is 318 Å². The first-order valence-corrected chi connectivity index (χ1v) is 19.1. The number of benzene rings is 9. The number of aromatic nitrogens is 2. The van der Waals surface area contributed by atoms with Crippen LogP contribution in [0.2, 0.25) is 0 Å². The highest BCUT2D eigenvalue weighted by atomic mass is 15.0. The van der Waals surface area contributed by atoms with Crippen molar-refractivity contribution in [2.24, 2.45) is 0 Å². The molecular weight excluding hydrogens is 665 g/mol. The summed E-state index contributed by atoms with van der Waals surface area (Å²) in [5, 5.41) is 7.59. The summed E-state index contributed by atoms with van der Waals surface area (Å²) in [5.41, 5.74) is 14.3. The van der Waals surface area contributed by atoms with Crippen molar-refractivity contribution >= 4 is 54.4 Å². The van der Waals surface area contributed by atoms with Crippen molar-refractivity contribution < 1.29 is 0 Å². The molecule has 0 aliphatic heterocycles. The molecule has 11 aromatic rings. The second-order valence-corrected chi connectivity index (χ2v) is 14.8. The molecule has 0 fully saturated rings. The molecule has 0 bridgehead atoms. The van der Waals surface area contributed by atoms with Gasteiger partial charge in [-0.05, 0) is 92.7 Å². The average molecular weight is 699 g/mol. The molecule has 0 saturated heterocycles. The lowest BCUT2D eigenvalue weighted by molar-refractivity contribution is 0.767. The van der Waals surface area contributed by atoms with Crippen molar-refractivity contribution in [3.05, 3.63) is 229 Å². The highest BCUT2D eigenvalue weighted by Gasteiger charge is 2.47. The zero-order chi connectivity index (χ0) is 36.1. The van der Waals surface area contributed by atoms with E-state index in [-0.39, 0.29) is 0 Å². The third-order valence-electron chi connectivity index (χ3n) is 12.2. The maximum atomic E-state index is 2.45. The fourth-order valence-electron chi connectivity index (χ4n) is 9.99. The molecule has 9 aromatic carbocycles. The van der Waals surface area contributed by atoms with Crippen molar-refractivity contribution in [3.8, 4) is 22.5 Å². The van der Waals surface area contributed by atoms with Gasteiger partial charge < -0.3 is 9.13 Å². The van der Waals surface area contributed by atoms with Crippen LogP contribution >= 0.6 is 0 Å². The van der Waals surface area contributed by atoms with Gasteiger partial charge in [-0.25, -0.2) is 0 Å². The second kappa shape index (κ2) is 11.4. The number of hydrogen-bond acceptors (Lipinski definition) is 0. The number of rotatable bonds is 4. The van der Waals surface area contributed by atoms with Gasteiger partial charge in [0.05, 0.1) is 27.5 Å². The van der Waals surface area contributed by atoms with Crippen LogP contribution in [-0.4, -0.2) is 9.13 Å². The van der Waals surface area contributed by atoms with Crippen LogP contribution in [0.5, 0.6) is 0 Å². The van der Waals surface area contributed by atoms with Crippen LogP contribution in [0.1, 0.15) is 22.3 Å². The first-order chi connectivity index (χ1) is 27.3. The van der Waals surface area contributed by atoms with Gasteiger partial charge in [0, 0.05) is 32.9 Å². The summed E-state index contributed by atoms with van der Waals surface area (Å²) >= 11 is 0. The Hall–Kier alpha value is -7.16. The van der Waals surface area contributed by atoms with Gasteiger partial charge in [-0.2, -0.15) is 0 Å². The predicted octanol–water partition coefficient (Wildman–Crippen LogP) is 13.4. The van der Waals surface area contributed by atoms with Gasteiger partial charge in [-0.1, -0.05) is 158 Å². The Morgan fingerprint density at radius 3 is 1.27 bits per heavy atom. The molecule has 1 aliphatic carbocycles. The van der Waals surface area contributed by atoms with E-state index >= 15 is 0 Å². The zero-order valence-electron chi connectivity index (χ0n) is 30.0.